The van der Waals surface area contributed by atoms with Crippen molar-refractivity contribution in [3.05, 3.63) is 29.3 Å². The van der Waals surface area contributed by atoms with Crippen LogP contribution < -0.4 is 4.74 Å². The van der Waals surface area contributed by atoms with Crippen LogP contribution in [-0.4, -0.2) is 11.7 Å². The van der Waals surface area contributed by atoms with Crippen LogP contribution in [0.1, 0.15) is 43.4 Å². The van der Waals surface area contributed by atoms with Gasteiger partial charge < -0.3 is 9.84 Å². The van der Waals surface area contributed by atoms with Gasteiger partial charge in [0, 0.05) is 17.4 Å². The predicted octanol–water partition coefficient (Wildman–Crippen LogP) is 3.12. The molecule has 1 aliphatic rings. The molecule has 1 saturated carbocycles. The van der Waals surface area contributed by atoms with Crippen molar-refractivity contribution in [2.45, 2.75) is 39.2 Å². The molecule has 0 unspecified atom stereocenters. The lowest BCUT2D eigenvalue weighted by Gasteiger charge is -2.17. The van der Waals surface area contributed by atoms with Crippen LogP contribution in [0.2, 0.25) is 0 Å². The highest BCUT2D eigenvalue weighted by Gasteiger charge is 2.43. The minimum atomic E-state index is -0.535. The lowest BCUT2D eigenvalue weighted by molar-refractivity contribution is 0.183. The van der Waals surface area contributed by atoms with Gasteiger partial charge in [-0.05, 0) is 38.3 Å². The van der Waals surface area contributed by atoms with Gasteiger partial charge in [-0.2, -0.15) is 5.26 Å². The molecule has 0 aromatic heterocycles. The second-order valence-corrected chi connectivity index (χ2v) is 5.34. The molecule has 0 aliphatic heterocycles. The van der Waals surface area contributed by atoms with E-state index in [2.05, 4.69) is 6.07 Å². The molecule has 1 N–H and O–H groups in total. The molecule has 3 heteroatoms. The first-order valence-electron chi connectivity index (χ1n) is 6.35. The van der Waals surface area contributed by atoms with Crippen LogP contribution in [-0.2, 0) is 0 Å². The monoisotopic (exact) mass is 245 g/mol. The van der Waals surface area contributed by atoms with Crippen molar-refractivity contribution in [1.29, 1.82) is 5.26 Å². The van der Waals surface area contributed by atoms with Gasteiger partial charge in [0.05, 0.1) is 18.8 Å². The van der Waals surface area contributed by atoms with Crippen LogP contribution in [0.3, 0.4) is 0 Å². The number of aryl methyl sites for hydroxylation is 1. The summed E-state index contributed by atoms with van der Waals surface area (Å²) in [4.78, 5) is 0. The van der Waals surface area contributed by atoms with E-state index < -0.39 is 6.10 Å². The van der Waals surface area contributed by atoms with Crippen molar-refractivity contribution in [3.63, 3.8) is 0 Å². The zero-order chi connectivity index (χ0) is 13.2. The molecular weight excluding hydrogens is 226 g/mol. The molecule has 0 amide bonds. The fourth-order valence-corrected chi connectivity index (χ4v) is 2.06. The third kappa shape index (κ3) is 2.83. The second-order valence-electron chi connectivity index (χ2n) is 5.34. The van der Waals surface area contributed by atoms with Crippen LogP contribution >= 0.6 is 0 Å². The highest BCUT2D eigenvalue weighted by molar-refractivity contribution is 5.38. The smallest absolute Gasteiger partial charge is 0.125 e. The highest BCUT2D eigenvalue weighted by Crippen LogP contribution is 2.49. The fourth-order valence-electron chi connectivity index (χ4n) is 2.06. The molecule has 1 aromatic rings. The molecular formula is C15H19NO2. The normalized spacial score (nSPS) is 17.9. The Hall–Kier alpha value is -1.53. The van der Waals surface area contributed by atoms with Crippen molar-refractivity contribution in [2.24, 2.45) is 5.41 Å². The van der Waals surface area contributed by atoms with Gasteiger partial charge in [0.25, 0.3) is 0 Å². The van der Waals surface area contributed by atoms with E-state index >= 15 is 0 Å². The summed E-state index contributed by atoms with van der Waals surface area (Å²) in [5, 5.41) is 18.5. The Morgan fingerprint density at radius 2 is 2.22 bits per heavy atom. The molecule has 1 aliphatic carbocycles. The molecule has 3 nitrogen and oxygen atoms in total. The summed E-state index contributed by atoms with van der Waals surface area (Å²) >= 11 is 0. The topological polar surface area (TPSA) is 53.2 Å². The lowest BCUT2D eigenvalue weighted by atomic mass is 10.0. The van der Waals surface area contributed by atoms with Gasteiger partial charge >= 0.3 is 0 Å². The van der Waals surface area contributed by atoms with Crippen LogP contribution in [0, 0.1) is 23.7 Å². The number of ether oxygens (including phenoxy) is 1. The van der Waals surface area contributed by atoms with Crippen molar-refractivity contribution < 1.29 is 9.84 Å². The Labute approximate surface area is 108 Å². The number of hydrogen-bond donors (Lipinski definition) is 1. The Kier molecular flexibility index (Phi) is 3.58. The molecule has 96 valence electrons. The molecule has 0 bridgehead atoms. The maximum Gasteiger partial charge on any atom is 0.125 e. The number of nitrogens with zero attached hydrogens (tertiary/aromatic N) is 1. The Bertz CT molecular complexity index is 470. The van der Waals surface area contributed by atoms with E-state index in [0.29, 0.717) is 13.0 Å². The fraction of sp³-hybridized carbons (Fsp3) is 0.533. The standard InChI is InChI=1S/C15H19NO2/c1-11-3-4-13(12(2)17)14(9-11)18-10-15(5-6-15)7-8-16/h3-4,9,12,17H,5-7,10H2,1-2H3/t12-/m0/s1. The van der Waals surface area contributed by atoms with Crippen molar-refractivity contribution in [1.82, 2.24) is 0 Å². The predicted molar refractivity (Wildman–Crippen MR) is 69.2 cm³/mol. The minimum Gasteiger partial charge on any atom is -0.493 e. The zero-order valence-electron chi connectivity index (χ0n) is 10.9. The number of rotatable bonds is 5. The number of aliphatic hydroxyl groups excluding tert-OH is 1. The lowest BCUT2D eigenvalue weighted by Crippen LogP contribution is -2.13. The molecule has 0 saturated heterocycles. The Balaban J connectivity index is 2.09. The maximum absolute atomic E-state index is 9.71. The van der Waals surface area contributed by atoms with Crippen molar-refractivity contribution in [3.8, 4) is 11.8 Å². The summed E-state index contributed by atoms with van der Waals surface area (Å²) < 4.78 is 5.85. The van der Waals surface area contributed by atoms with Crippen molar-refractivity contribution in [2.75, 3.05) is 6.61 Å². The summed E-state index contributed by atoms with van der Waals surface area (Å²) in [5.41, 5.74) is 1.99. The number of aliphatic hydroxyl groups is 1. The van der Waals surface area contributed by atoms with E-state index in [0.717, 1.165) is 29.7 Å². The van der Waals surface area contributed by atoms with E-state index in [1.807, 2.05) is 25.1 Å². The summed E-state index contributed by atoms with van der Waals surface area (Å²) in [7, 11) is 0. The molecule has 0 radical (unpaired) electrons. The summed E-state index contributed by atoms with van der Waals surface area (Å²) in [5.74, 6) is 0.745. The van der Waals surface area contributed by atoms with E-state index in [1.165, 1.54) is 0 Å². The van der Waals surface area contributed by atoms with Crippen LogP contribution in [0.25, 0.3) is 0 Å². The van der Waals surface area contributed by atoms with Crippen molar-refractivity contribution >= 4 is 0 Å². The summed E-state index contributed by atoms with van der Waals surface area (Å²) in [6, 6.07) is 8.05. The number of benzene rings is 1. The van der Waals surface area contributed by atoms with Gasteiger partial charge in [0.1, 0.15) is 5.75 Å². The van der Waals surface area contributed by atoms with E-state index in [1.54, 1.807) is 6.92 Å². The van der Waals surface area contributed by atoms with E-state index in [9.17, 15) is 5.11 Å². The maximum atomic E-state index is 9.71. The molecule has 1 atom stereocenters. The average Bonchev–Trinajstić information content (AvgIpc) is 3.07. The first-order chi connectivity index (χ1) is 8.56. The average molecular weight is 245 g/mol. The Morgan fingerprint density at radius 1 is 1.50 bits per heavy atom. The highest BCUT2D eigenvalue weighted by atomic mass is 16.5. The van der Waals surface area contributed by atoms with Gasteiger partial charge in [-0.1, -0.05) is 12.1 Å². The summed E-state index contributed by atoms with van der Waals surface area (Å²) in [6.45, 7) is 4.31. The quantitative estimate of drug-likeness (QED) is 0.867. The Morgan fingerprint density at radius 3 is 2.78 bits per heavy atom. The molecule has 0 heterocycles. The minimum absolute atomic E-state index is 0.0639. The molecule has 1 fully saturated rings. The SMILES string of the molecule is Cc1ccc([C@H](C)O)c(OCC2(CC#N)CC2)c1. The zero-order valence-corrected chi connectivity index (χ0v) is 10.9. The second kappa shape index (κ2) is 4.99. The molecule has 1 aromatic carbocycles. The molecule has 0 spiro atoms. The van der Waals surface area contributed by atoms with Crippen LogP contribution in [0.15, 0.2) is 18.2 Å². The third-order valence-electron chi connectivity index (χ3n) is 3.56. The summed E-state index contributed by atoms with van der Waals surface area (Å²) in [6.07, 6.45) is 2.15. The van der Waals surface area contributed by atoms with Gasteiger partial charge in [-0.25, -0.2) is 0 Å². The van der Waals surface area contributed by atoms with Gasteiger partial charge in [-0.15, -0.1) is 0 Å². The van der Waals surface area contributed by atoms with E-state index in [4.69, 9.17) is 10.00 Å². The number of hydrogen-bond acceptors (Lipinski definition) is 3. The van der Waals surface area contributed by atoms with E-state index in [-0.39, 0.29) is 5.41 Å². The van der Waals surface area contributed by atoms with Crippen LogP contribution in [0.4, 0.5) is 0 Å². The first-order valence-corrected chi connectivity index (χ1v) is 6.35. The van der Waals surface area contributed by atoms with Gasteiger partial charge in [0.2, 0.25) is 0 Å². The molecule has 18 heavy (non-hydrogen) atoms. The van der Waals surface area contributed by atoms with Gasteiger partial charge in [-0.3, -0.25) is 0 Å². The third-order valence-corrected chi connectivity index (χ3v) is 3.56. The number of nitriles is 1. The van der Waals surface area contributed by atoms with Crippen LogP contribution in [0.5, 0.6) is 5.75 Å². The molecule has 2 rings (SSSR count). The van der Waals surface area contributed by atoms with Gasteiger partial charge in [0.15, 0.2) is 0 Å². The first kappa shape index (κ1) is 12.9. The largest absolute Gasteiger partial charge is 0.493 e.